The Morgan fingerprint density at radius 1 is 0.833 bits per heavy atom. The van der Waals surface area contributed by atoms with Gasteiger partial charge >= 0.3 is 11.9 Å². The summed E-state index contributed by atoms with van der Waals surface area (Å²) >= 11 is 0. The number of ether oxygens (including phenoxy) is 2. The van der Waals surface area contributed by atoms with Crippen molar-refractivity contribution >= 4 is 11.9 Å². The Morgan fingerprint density at radius 2 is 1.17 bits per heavy atom. The zero-order valence-electron chi connectivity index (χ0n) is 10.3. The number of hydrogen-bond donors (Lipinski definition) is 2. The molecule has 2 N–H and O–H groups in total. The number of carboxylic acid groups (broad SMARTS) is 2. The Labute approximate surface area is 106 Å². The average Bonchev–Trinajstić information content (AvgIpc) is 2.26. The van der Waals surface area contributed by atoms with Gasteiger partial charge in [0.15, 0.2) is 0 Å². The molecular formula is C12H20O6. The van der Waals surface area contributed by atoms with Crippen molar-refractivity contribution in [2.75, 3.05) is 13.2 Å². The summed E-state index contributed by atoms with van der Waals surface area (Å²) in [5.41, 5.74) is 0. The van der Waals surface area contributed by atoms with Crippen molar-refractivity contribution in [3.8, 4) is 0 Å². The van der Waals surface area contributed by atoms with E-state index >= 15 is 0 Å². The molecule has 1 rings (SSSR count). The lowest BCUT2D eigenvalue weighted by molar-refractivity contribution is -0.145. The van der Waals surface area contributed by atoms with Crippen LogP contribution in [-0.4, -0.2) is 47.6 Å². The van der Waals surface area contributed by atoms with Crippen molar-refractivity contribution in [1.82, 2.24) is 0 Å². The van der Waals surface area contributed by atoms with E-state index in [1.54, 1.807) is 0 Å². The minimum atomic E-state index is -0.945. The van der Waals surface area contributed by atoms with Gasteiger partial charge in [0, 0.05) is 0 Å². The molecule has 0 aromatic heterocycles. The number of aliphatic carboxylic acids is 2. The maximum Gasteiger partial charge on any atom is 0.329 e. The van der Waals surface area contributed by atoms with Crippen LogP contribution >= 0.6 is 0 Å². The van der Waals surface area contributed by atoms with Crippen molar-refractivity contribution in [2.24, 2.45) is 0 Å². The molecule has 1 aliphatic carbocycles. The van der Waals surface area contributed by atoms with E-state index in [4.69, 9.17) is 19.7 Å². The summed E-state index contributed by atoms with van der Waals surface area (Å²) in [5, 5.41) is 17.1. The number of carboxylic acids is 2. The predicted octanol–water partition coefficient (Wildman–Crippen LogP) is 1.28. The lowest BCUT2D eigenvalue weighted by Gasteiger charge is -2.24. The van der Waals surface area contributed by atoms with Crippen LogP contribution in [0.1, 0.15) is 38.5 Å². The highest BCUT2D eigenvalue weighted by Gasteiger charge is 2.18. The molecule has 0 atom stereocenters. The molecule has 0 saturated heterocycles. The second-order valence-electron chi connectivity index (χ2n) is 4.52. The molecule has 0 aliphatic heterocycles. The Kier molecular flexibility index (Phi) is 6.67. The van der Waals surface area contributed by atoms with E-state index < -0.39 is 11.9 Å². The van der Waals surface area contributed by atoms with Gasteiger partial charge < -0.3 is 19.7 Å². The van der Waals surface area contributed by atoms with Crippen molar-refractivity contribution in [3.63, 3.8) is 0 Å². The van der Waals surface area contributed by atoms with Crippen LogP contribution in [0.15, 0.2) is 0 Å². The van der Waals surface area contributed by atoms with Crippen LogP contribution in [0.4, 0.5) is 0 Å². The van der Waals surface area contributed by atoms with E-state index in [0.29, 0.717) is 0 Å². The molecule has 1 fully saturated rings. The Morgan fingerprint density at radius 3 is 1.44 bits per heavy atom. The second kappa shape index (κ2) is 8.05. The first kappa shape index (κ1) is 14.9. The molecule has 0 bridgehead atoms. The molecule has 18 heavy (non-hydrogen) atoms. The van der Waals surface area contributed by atoms with E-state index in [0.717, 1.165) is 38.5 Å². The highest BCUT2D eigenvalue weighted by Crippen LogP contribution is 2.21. The molecule has 0 radical (unpaired) electrons. The molecule has 0 aromatic rings. The average molecular weight is 260 g/mol. The van der Waals surface area contributed by atoms with Crippen LogP contribution in [0.5, 0.6) is 0 Å². The lowest BCUT2D eigenvalue weighted by Crippen LogP contribution is -2.24. The Balaban J connectivity index is 2.22. The summed E-state index contributed by atoms with van der Waals surface area (Å²) in [5.74, 6) is -1.89. The minimum Gasteiger partial charge on any atom is -0.480 e. The van der Waals surface area contributed by atoms with Gasteiger partial charge in [-0.3, -0.25) is 0 Å². The molecule has 0 aromatic carbocycles. The van der Waals surface area contributed by atoms with Crippen LogP contribution in [0.25, 0.3) is 0 Å². The molecule has 1 aliphatic rings. The number of hydrogen-bond acceptors (Lipinski definition) is 4. The highest BCUT2D eigenvalue weighted by atomic mass is 16.5. The highest BCUT2D eigenvalue weighted by molar-refractivity contribution is 5.68. The lowest BCUT2D eigenvalue weighted by atomic mass is 9.96. The maximum atomic E-state index is 10.4. The SMILES string of the molecule is O=C(O)COC1CCCC(OCC(=O)O)CCC1. The Hall–Kier alpha value is -1.14. The summed E-state index contributed by atoms with van der Waals surface area (Å²) in [6.45, 7) is -0.493. The monoisotopic (exact) mass is 260 g/mol. The van der Waals surface area contributed by atoms with E-state index in [-0.39, 0.29) is 25.4 Å². The quantitative estimate of drug-likeness (QED) is 0.747. The van der Waals surface area contributed by atoms with Gasteiger partial charge in [0.1, 0.15) is 13.2 Å². The third-order valence-electron chi connectivity index (χ3n) is 2.99. The molecule has 6 heteroatoms. The molecule has 0 amide bonds. The fourth-order valence-electron chi connectivity index (χ4n) is 2.15. The van der Waals surface area contributed by atoms with Crippen molar-refractivity contribution in [2.45, 2.75) is 50.7 Å². The zero-order valence-corrected chi connectivity index (χ0v) is 10.3. The van der Waals surface area contributed by atoms with E-state index in [1.165, 1.54) is 0 Å². The van der Waals surface area contributed by atoms with E-state index in [9.17, 15) is 9.59 Å². The molecule has 1 saturated carbocycles. The molecule has 0 spiro atoms. The normalized spacial score (nSPS) is 25.1. The summed E-state index contributed by atoms with van der Waals surface area (Å²) in [7, 11) is 0. The second-order valence-corrected chi connectivity index (χ2v) is 4.52. The molecule has 0 heterocycles. The fourth-order valence-corrected chi connectivity index (χ4v) is 2.15. The van der Waals surface area contributed by atoms with Gasteiger partial charge in [-0.25, -0.2) is 9.59 Å². The summed E-state index contributed by atoms with van der Waals surface area (Å²) in [4.78, 5) is 20.8. The molecule has 6 nitrogen and oxygen atoms in total. The smallest absolute Gasteiger partial charge is 0.329 e. The standard InChI is InChI=1S/C12H20O6/c13-11(14)7-17-9-3-1-4-10(6-2-5-9)18-8-12(15)16/h9-10H,1-8H2,(H,13,14)(H,15,16). The van der Waals surface area contributed by atoms with Crippen LogP contribution in [-0.2, 0) is 19.1 Å². The summed E-state index contributed by atoms with van der Waals surface area (Å²) in [6, 6.07) is 0. The first-order valence-electron chi connectivity index (χ1n) is 6.24. The van der Waals surface area contributed by atoms with Crippen molar-refractivity contribution < 1.29 is 29.3 Å². The van der Waals surface area contributed by atoms with Gasteiger partial charge in [0.2, 0.25) is 0 Å². The minimum absolute atomic E-state index is 0.00141. The molecule has 0 unspecified atom stereocenters. The molecule has 104 valence electrons. The summed E-state index contributed by atoms with van der Waals surface area (Å²) < 4.78 is 10.6. The third-order valence-corrected chi connectivity index (χ3v) is 2.99. The molecular weight excluding hydrogens is 240 g/mol. The van der Waals surface area contributed by atoms with Crippen LogP contribution in [0.2, 0.25) is 0 Å². The summed E-state index contributed by atoms with van der Waals surface area (Å²) in [6.07, 6.45) is 4.97. The van der Waals surface area contributed by atoms with Gasteiger partial charge in [-0.15, -0.1) is 0 Å². The number of rotatable bonds is 6. The van der Waals surface area contributed by atoms with Gasteiger partial charge in [-0.1, -0.05) is 0 Å². The van der Waals surface area contributed by atoms with Crippen LogP contribution < -0.4 is 0 Å². The zero-order chi connectivity index (χ0) is 13.4. The topological polar surface area (TPSA) is 93.1 Å². The first-order chi connectivity index (χ1) is 8.58. The maximum absolute atomic E-state index is 10.4. The fraction of sp³-hybridized carbons (Fsp3) is 0.833. The van der Waals surface area contributed by atoms with Gasteiger partial charge in [0.25, 0.3) is 0 Å². The predicted molar refractivity (Wildman–Crippen MR) is 62.5 cm³/mol. The van der Waals surface area contributed by atoms with Crippen LogP contribution in [0, 0.1) is 0 Å². The third kappa shape index (κ3) is 6.56. The van der Waals surface area contributed by atoms with Crippen molar-refractivity contribution in [3.05, 3.63) is 0 Å². The van der Waals surface area contributed by atoms with Gasteiger partial charge in [-0.2, -0.15) is 0 Å². The Bertz CT molecular complexity index is 242. The van der Waals surface area contributed by atoms with Gasteiger partial charge in [0.05, 0.1) is 12.2 Å². The van der Waals surface area contributed by atoms with Crippen LogP contribution in [0.3, 0.4) is 0 Å². The first-order valence-corrected chi connectivity index (χ1v) is 6.24. The largest absolute Gasteiger partial charge is 0.480 e. The van der Waals surface area contributed by atoms with E-state index in [2.05, 4.69) is 0 Å². The van der Waals surface area contributed by atoms with E-state index in [1.807, 2.05) is 0 Å². The van der Waals surface area contributed by atoms with Crippen molar-refractivity contribution in [1.29, 1.82) is 0 Å². The number of carbonyl (C=O) groups is 2. The van der Waals surface area contributed by atoms with Gasteiger partial charge in [-0.05, 0) is 38.5 Å².